The summed E-state index contributed by atoms with van der Waals surface area (Å²) in [4.78, 5) is 28.4. The summed E-state index contributed by atoms with van der Waals surface area (Å²) in [6, 6.07) is 12.4. The Morgan fingerprint density at radius 1 is 1.33 bits per heavy atom. The van der Waals surface area contributed by atoms with Crippen molar-refractivity contribution in [3.8, 4) is 5.75 Å². The fourth-order valence-corrected chi connectivity index (χ4v) is 2.89. The molecule has 0 aliphatic rings. The molecule has 2 aromatic carbocycles. The number of para-hydroxylation sites is 1. The summed E-state index contributed by atoms with van der Waals surface area (Å²) >= 11 is 3.37. The average Bonchev–Trinajstić information content (AvgIpc) is 2.66. The molecule has 0 aliphatic heterocycles. The molecule has 2 N–H and O–H groups in total. The summed E-state index contributed by atoms with van der Waals surface area (Å²) in [5.41, 5.74) is 6.10. The van der Waals surface area contributed by atoms with Gasteiger partial charge in [0, 0.05) is 16.5 Å². The summed E-state index contributed by atoms with van der Waals surface area (Å²) < 4.78 is 7.45. The number of hydrogen-bond acceptors (Lipinski definition) is 5. The van der Waals surface area contributed by atoms with Crippen LogP contribution in [0.25, 0.3) is 10.9 Å². The van der Waals surface area contributed by atoms with Gasteiger partial charge in [0.25, 0.3) is 11.5 Å². The van der Waals surface area contributed by atoms with E-state index in [9.17, 15) is 9.59 Å². The number of ether oxygens (including phenoxy) is 1. The number of nitrogens with zero attached hydrogens (tertiary/aromatic N) is 3. The van der Waals surface area contributed by atoms with Gasteiger partial charge in [-0.15, -0.1) is 0 Å². The number of carbonyl (C=O) groups excluding carboxylic acids is 1. The SMILES string of the molecule is CCc1nc2ccc(Br)cc2c(=O)n1N=Cc1ccccc1OCC(N)=O. The lowest BCUT2D eigenvalue weighted by atomic mass is 10.2. The Balaban J connectivity index is 2.05. The third kappa shape index (κ3) is 4.22. The van der Waals surface area contributed by atoms with E-state index in [0.29, 0.717) is 34.5 Å². The van der Waals surface area contributed by atoms with Crippen molar-refractivity contribution in [2.24, 2.45) is 10.8 Å². The van der Waals surface area contributed by atoms with Gasteiger partial charge in [-0.25, -0.2) is 4.98 Å². The maximum Gasteiger partial charge on any atom is 0.282 e. The number of halogens is 1. The zero-order valence-corrected chi connectivity index (χ0v) is 16.1. The van der Waals surface area contributed by atoms with E-state index >= 15 is 0 Å². The van der Waals surface area contributed by atoms with Crippen molar-refractivity contribution < 1.29 is 9.53 Å². The van der Waals surface area contributed by atoms with Crippen LogP contribution in [0.2, 0.25) is 0 Å². The topological polar surface area (TPSA) is 99.6 Å². The average molecular weight is 429 g/mol. The number of carbonyl (C=O) groups is 1. The molecule has 7 nitrogen and oxygen atoms in total. The maximum atomic E-state index is 12.9. The molecule has 0 saturated carbocycles. The summed E-state index contributed by atoms with van der Waals surface area (Å²) in [5.74, 6) is 0.416. The highest BCUT2D eigenvalue weighted by molar-refractivity contribution is 9.10. The number of aromatic nitrogens is 2. The quantitative estimate of drug-likeness (QED) is 0.609. The molecule has 1 heterocycles. The van der Waals surface area contributed by atoms with Crippen molar-refractivity contribution >= 4 is 39.0 Å². The van der Waals surface area contributed by atoms with E-state index < -0.39 is 5.91 Å². The van der Waals surface area contributed by atoms with Crippen molar-refractivity contribution in [1.29, 1.82) is 0 Å². The molecule has 0 aliphatic carbocycles. The minimum atomic E-state index is -0.574. The van der Waals surface area contributed by atoms with Gasteiger partial charge < -0.3 is 10.5 Å². The largest absolute Gasteiger partial charge is 0.483 e. The van der Waals surface area contributed by atoms with Gasteiger partial charge in [0.1, 0.15) is 11.6 Å². The lowest BCUT2D eigenvalue weighted by Gasteiger charge is -2.09. The van der Waals surface area contributed by atoms with E-state index in [-0.39, 0.29) is 12.2 Å². The zero-order chi connectivity index (χ0) is 19.4. The lowest BCUT2D eigenvalue weighted by Crippen LogP contribution is -2.22. The number of aryl methyl sites for hydroxylation is 1. The van der Waals surface area contributed by atoms with Crippen LogP contribution in [-0.4, -0.2) is 28.4 Å². The van der Waals surface area contributed by atoms with E-state index in [1.807, 2.05) is 13.0 Å². The Morgan fingerprint density at radius 3 is 2.85 bits per heavy atom. The highest BCUT2D eigenvalue weighted by atomic mass is 79.9. The second kappa shape index (κ2) is 8.13. The van der Waals surface area contributed by atoms with Gasteiger partial charge in [-0.2, -0.15) is 9.78 Å². The van der Waals surface area contributed by atoms with Crippen LogP contribution in [0.4, 0.5) is 0 Å². The molecule has 0 spiro atoms. The fourth-order valence-electron chi connectivity index (χ4n) is 2.53. The second-order valence-corrected chi connectivity index (χ2v) is 6.61. The molecule has 1 amide bonds. The van der Waals surface area contributed by atoms with Gasteiger partial charge in [-0.3, -0.25) is 9.59 Å². The van der Waals surface area contributed by atoms with Crippen LogP contribution < -0.4 is 16.0 Å². The zero-order valence-electron chi connectivity index (χ0n) is 14.6. The Kier molecular flexibility index (Phi) is 5.66. The molecular weight excluding hydrogens is 412 g/mol. The van der Waals surface area contributed by atoms with Crippen molar-refractivity contribution in [1.82, 2.24) is 9.66 Å². The fraction of sp³-hybridized carbons (Fsp3) is 0.158. The van der Waals surface area contributed by atoms with Crippen molar-refractivity contribution in [3.05, 3.63) is 68.7 Å². The van der Waals surface area contributed by atoms with E-state index in [1.54, 1.807) is 36.4 Å². The molecule has 27 heavy (non-hydrogen) atoms. The third-order valence-corrected chi connectivity index (χ3v) is 4.29. The Hall–Kier alpha value is -3.00. The van der Waals surface area contributed by atoms with Crippen molar-refractivity contribution in [2.45, 2.75) is 13.3 Å². The van der Waals surface area contributed by atoms with Gasteiger partial charge in [-0.05, 0) is 30.3 Å². The van der Waals surface area contributed by atoms with Crippen LogP contribution in [0.3, 0.4) is 0 Å². The van der Waals surface area contributed by atoms with E-state index in [0.717, 1.165) is 4.47 Å². The highest BCUT2D eigenvalue weighted by Crippen LogP contribution is 2.17. The second-order valence-electron chi connectivity index (χ2n) is 5.70. The van der Waals surface area contributed by atoms with Crippen LogP contribution in [-0.2, 0) is 11.2 Å². The van der Waals surface area contributed by atoms with Gasteiger partial charge in [0.15, 0.2) is 6.61 Å². The molecule has 0 saturated heterocycles. The Labute approximate surface area is 163 Å². The van der Waals surface area contributed by atoms with E-state index in [1.165, 1.54) is 10.9 Å². The minimum absolute atomic E-state index is 0.240. The molecule has 1 aromatic heterocycles. The van der Waals surface area contributed by atoms with Gasteiger partial charge in [0.2, 0.25) is 0 Å². The molecule has 8 heteroatoms. The van der Waals surface area contributed by atoms with Crippen LogP contribution in [0, 0.1) is 0 Å². The molecule has 138 valence electrons. The van der Waals surface area contributed by atoms with Crippen molar-refractivity contribution in [3.63, 3.8) is 0 Å². The standard InChI is InChI=1S/C19H17BrN4O3/c1-2-18-23-15-8-7-13(20)9-14(15)19(26)24(18)22-10-12-5-3-4-6-16(12)27-11-17(21)25/h3-10H,2,11H2,1H3,(H2,21,25). The smallest absolute Gasteiger partial charge is 0.282 e. The maximum absolute atomic E-state index is 12.9. The molecule has 0 radical (unpaired) electrons. The summed E-state index contributed by atoms with van der Waals surface area (Å²) in [6.07, 6.45) is 2.04. The first-order valence-corrected chi connectivity index (χ1v) is 9.04. The summed E-state index contributed by atoms with van der Waals surface area (Å²) in [7, 11) is 0. The summed E-state index contributed by atoms with van der Waals surface area (Å²) in [5, 5.41) is 4.79. The lowest BCUT2D eigenvalue weighted by molar-refractivity contribution is -0.119. The van der Waals surface area contributed by atoms with E-state index in [4.69, 9.17) is 10.5 Å². The Bertz CT molecular complexity index is 1090. The predicted molar refractivity (Wildman–Crippen MR) is 107 cm³/mol. The van der Waals surface area contributed by atoms with E-state index in [2.05, 4.69) is 26.0 Å². The van der Waals surface area contributed by atoms with Crippen LogP contribution in [0.1, 0.15) is 18.3 Å². The number of nitrogens with two attached hydrogens (primary N) is 1. The van der Waals surface area contributed by atoms with Gasteiger partial charge >= 0.3 is 0 Å². The number of fused-ring (bicyclic) bond motifs is 1. The molecule has 0 fully saturated rings. The van der Waals surface area contributed by atoms with Crippen molar-refractivity contribution in [2.75, 3.05) is 6.61 Å². The first-order valence-electron chi connectivity index (χ1n) is 8.25. The van der Waals surface area contributed by atoms with Gasteiger partial charge in [0.05, 0.1) is 17.1 Å². The van der Waals surface area contributed by atoms with Crippen LogP contribution >= 0.6 is 15.9 Å². The normalized spacial score (nSPS) is 11.2. The number of hydrogen-bond donors (Lipinski definition) is 1. The van der Waals surface area contributed by atoms with Crippen LogP contribution in [0.15, 0.2) is 56.8 Å². The predicted octanol–water partition coefficient (Wildman–Crippen LogP) is 2.47. The number of benzene rings is 2. The van der Waals surface area contributed by atoms with Crippen LogP contribution in [0.5, 0.6) is 5.75 Å². The molecule has 0 bridgehead atoms. The molecule has 3 rings (SSSR count). The summed E-state index contributed by atoms with van der Waals surface area (Å²) in [6.45, 7) is 1.67. The first kappa shape index (κ1) is 18.8. The third-order valence-electron chi connectivity index (χ3n) is 3.79. The monoisotopic (exact) mass is 428 g/mol. The number of amides is 1. The molecule has 0 unspecified atom stereocenters. The number of primary amides is 1. The van der Waals surface area contributed by atoms with Gasteiger partial charge in [-0.1, -0.05) is 35.0 Å². The Morgan fingerprint density at radius 2 is 2.11 bits per heavy atom. The molecule has 0 atom stereocenters. The highest BCUT2D eigenvalue weighted by Gasteiger charge is 2.10. The number of rotatable bonds is 6. The minimum Gasteiger partial charge on any atom is -0.483 e. The molecule has 3 aromatic rings. The first-order chi connectivity index (χ1) is 13.0. The molecular formula is C19H17BrN4O3.